The molecule has 0 radical (unpaired) electrons. The van der Waals surface area contributed by atoms with Gasteiger partial charge in [-0.05, 0) is 56.2 Å². The second-order valence-electron chi connectivity index (χ2n) is 7.37. The summed E-state index contributed by atoms with van der Waals surface area (Å²) in [7, 11) is 0. The maximum absolute atomic E-state index is 13.3. The monoisotopic (exact) mass is 434 g/mol. The lowest BCUT2D eigenvalue weighted by Gasteiger charge is -2.14. The fourth-order valence-electron chi connectivity index (χ4n) is 3.38. The van der Waals surface area contributed by atoms with Crippen LogP contribution >= 0.6 is 11.8 Å². The number of nitrogens with zero attached hydrogens (tertiary/aromatic N) is 3. The number of aromatic nitrogens is 3. The van der Waals surface area contributed by atoms with Crippen molar-refractivity contribution in [1.29, 1.82) is 0 Å². The highest BCUT2D eigenvalue weighted by Gasteiger charge is 2.15. The lowest BCUT2D eigenvalue weighted by molar-refractivity contribution is -0.115. The number of fused-ring (bicyclic) bond motifs is 1. The molecule has 1 amide bonds. The van der Waals surface area contributed by atoms with Gasteiger partial charge >= 0.3 is 0 Å². The van der Waals surface area contributed by atoms with Gasteiger partial charge in [0.2, 0.25) is 5.91 Å². The van der Waals surface area contributed by atoms with E-state index in [4.69, 9.17) is 9.51 Å². The third kappa shape index (κ3) is 4.69. The molecule has 0 unspecified atom stereocenters. The highest BCUT2D eigenvalue weighted by Crippen LogP contribution is 2.23. The van der Waals surface area contributed by atoms with Gasteiger partial charge in [0.15, 0.2) is 11.0 Å². The van der Waals surface area contributed by atoms with Crippen LogP contribution < -0.4 is 10.9 Å². The minimum atomic E-state index is -0.179. The SMILES string of the molecule is Cc1cc(C)cc(-n2c(SCCC(=O)Nc3cc(C)on3)nc3ccccc3c2=O)c1. The summed E-state index contributed by atoms with van der Waals surface area (Å²) < 4.78 is 6.59. The number of carbonyl (C=O) groups is 1. The number of nitrogens with one attached hydrogen (secondary N) is 1. The number of amides is 1. The molecule has 0 aliphatic rings. The molecule has 2 aromatic heterocycles. The fraction of sp³-hybridized carbons (Fsp3) is 0.217. The van der Waals surface area contributed by atoms with Gasteiger partial charge in [-0.15, -0.1) is 0 Å². The minimum absolute atomic E-state index is 0.124. The van der Waals surface area contributed by atoms with Crippen molar-refractivity contribution in [2.45, 2.75) is 32.3 Å². The molecule has 2 heterocycles. The van der Waals surface area contributed by atoms with Crippen LogP contribution in [0.4, 0.5) is 5.82 Å². The van der Waals surface area contributed by atoms with Crippen molar-refractivity contribution < 1.29 is 9.32 Å². The van der Waals surface area contributed by atoms with Crippen LogP contribution in [0.15, 0.2) is 63.0 Å². The molecule has 4 rings (SSSR count). The van der Waals surface area contributed by atoms with Crippen molar-refractivity contribution in [2.75, 3.05) is 11.1 Å². The highest BCUT2D eigenvalue weighted by molar-refractivity contribution is 7.99. The first-order valence-electron chi connectivity index (χ1n) is 9.87. The second-order valence-corrected chi connectivity index (χ2v) is 8.43. The van der Waals surface area contributed by atoms with Crippen molar-refractivity contribution >= 4 is 34.4 Å². The van der Waals surface area contributed by atoms with E-state index in [1.807, 2.05) is 44.2 Å². The number of rotatable bonds is 6. The van der Waals surface area contributed by atoms with E-state index in [-0.39, 0.29) is 17.9 Å². The number of anilines is 1. The molecule has 7 nitrogen and oxygen atoms in total. The smallest absolute Gasteiger partial charge is 0.266 e. The van der Waals surface area contributed by atoms with Gasteiger partial charge in [-0.2, -0.15) is 0 Å². The Morgan fingerprint density at radius 1 is 1.10 bits per heavy atom. The molecule has 0 aliphatic heterocycles. The average Bonchev–Trinajstić information content (AvgIpc) is 3.12. The molecule has 1 N–H and O–H groups in total. The van der Waals surface area contributed by atoms with E-state index in [0.717, 1.165) is 16.8 Å². The number of aryl methyl sites for hydroxylation is 3. The second kappa shape index (κ2) is 8.77. The summed E-state index contributed by atoms with van der Waals surface area (Å²) in [5.74, 6) is 1.30. The van der Waals surface area contributed by atoms with E-state index in [2.05, 4.69) is 16.5 Å². The predicted molar refractivity (Wildman–Crippen MR) is 122 cm³/mol. The summed E-state index contributed by atoms with van der Waals surface area (Å²) in [4.78, 5) is 30.3. The highest BCUT2D eigenvalue weighted by atomic mass is 32.2. The van der Waals surface area contributed by atoms with E-state index in [0.29, 0.717) is 33.4 Å². The van der Waals surface area contributed by atoms with E-state index in [1.54, 1.807) is 23.6 Å². The quantitative estimate of drug-likeness (QED) is 0.357. The molecule has 158 valence electrons. The Labute approximate surface area is 183 Å². The first kappa shape index (κ1) is 20.9. The molecule has 8 heteroatoms. The molecule has 4 aromatic rings. The molecule has 0 fully saturated rings. The molecular formula is C23H22N4O3S. The topological polar surface area (TPSA) is 90.0 Å². The third-order valence-corrected chi connectivity index (χ3v) is 5.61. The van der Waals surface area contributed by atoms with Crippen LogP contribution in [-0.2, 0) is 4.79 Å². The van der Waals surface area contributed by atoms with Crippen LogP contribution in [0.2, 0.25) is 0 Å². The fourth-order valence-corrected chi connectivity index (χ4v) is 4.33. The molecule has 31 heavy (non-hydrogen) atoms. The van der Waals surface area contributed by atoms with Gasteiger partial charge in [-0.1, -0.05) is 35.1 Å². The first-order chi connectivity index (χ1) is 14.9. The maximum atomic E-state index is 13.3. The van der Waals surface area contributed by atoms with Gasteiger partial charge < -0.3 is 9.84 Å². The standard InChI is InChI=1S/C23H22N4O3S/c1-14-10-15(2)12-17(11-14)27-22(29)18-6-4-5-7-19(18)24-23(27)31-9-8-21(28)25-20-13-16(3)30-26-20/h4-7,10-13H,8-9H2,1-3H3,(H,25,26,28). The number of carbonyl (C=O) groups excluding carboxylic acids is 1. The summed E-state index contributed by atoms with van der Waals surface area (Å²) in [6.07, 6.45) is 0.242. The Hall–Kier alpha value is -3.39. The van der Waals surface area contributed by atoms with Crippen molar-refractivity contribution in [3.63, 3.8) is 0 Å². The van der Waals surface area contributed by atoms with Crippen LogP contribution in [0.25, 0.3) is 16.6 Å². The van der Waals surface area contributed by atoms with Crippen LogP contribution in [0.3, 0.4) is 0 Å². The van der Waals surface area contributed by atoms with E-state index in [9.17, 15) is 9.59 Å². The Balaban J connectivity index is 1.63. The van der Waals surface area contributed by atoms with Crippen LogP contribution in [0.5, 0.6) is 0 Å². The van der Waals surface area contributed by atoms with Crippen molar-refractivity contribution in [2.24, 2.45) is 0 Å². The Bertz CT molecular complexity index is 1310. The zero-order chi connectivity index (χ0) is 22.0. The normalized spacial score (nSPS) is 11.1. The molecular weight excluding hydrogens is 412 g/mol. The van der Waals surface area contributed by atoms with E-state index in [1.165, 1.54) is 11.8 Å². The summed E-state index contributed by atoms with van der Waals surface area (Å²) >= 11 is 1.37. The molecule has 0 atom stereocenters. The van der Waals surface area contributed by atoms with Crippen molar-refractivity contribution in [1.82, 2.24) is 14.7 Å². The van der Waals surface area contributed by atoms with Gasteiger partial charge in [0, 0.05) is 18.2 Å². The summed E-state index contributed by atoms with van der Waals surface area (Å²) in [5, 5.41) is 7.59. The number of para-hydroxylation sites is 1. The van der Waals surface area contributed by atoms with Crippen LogP contribution in [0, 0.1) is 20.8 Å². The van der Waals surface area contributed by atoms with Gasteiger partial charge in [-0.25, -0.2) is 4.98 Å². The zero-order valence-corrected chi connectivity index (χ0v) is 18.3. The van der Waals surface area contributed by atoms with Crippen LogP contribution in [0.1, 0.15) is 23.3 Å². The van der Waals surface area contributed by atoms with Crippen molar-refractivity contribution in [3.05, 3.63) is 75.8 Å². The number of thioether (sulfide) groups is 1. The minimum Gasteiger partial charge on any atom is -0.360 e. The Kier molecular flexibility index (Phi) is 5.90. The zero-order valence-electron chi connectivity index (χ0n) is 17.5. The number of hydrogen-bond acceptors (Lipinski definition) is 6. The van der Waals surface area contributed by atoms with Gasteiger partial charge in [0.05, 0.1) is 16.6 Å². The van der Waals surface area contributed by atoms with Crippen LogP contribution in [-0.4, -0.2) is 26.4 Å². The average molecular weight is 435 g/mol. The molecule has 0 saturated heterocycles. The van der Waals surface area contributed by atoms with Gasteiger partial charge in [0.25, 0.3) is 5.56 Å². The lowest BCUT2D eigenvalue weighted by Crippen LogP contribution is -2.22. The molecule has 2 aromatic carbocycles. The van der Waals surface area contributed by atoms with E-state index >= 15 is 0 Å². The summed E-state index contributed by atoms with van der Waals surface area (Å²) in [6.45, 7) is 5.76. The first-order valence-corrected chi connectivity index (χ1v) is 10.9. The Morgan fingerprint density at radius 2 is 1.84 bits per heavy atom. The summed E-state index contributed by atoms with van der Waals surface area (Å²) in [6, 6.07) is 15.0. The molecule has 0 spiro atoms. The number of hydrogen-bond donors (Lipinski definition) is 1. The Morgan fingerprint density at radius 3 is 2.55 bits per heavy atom. The molecule has 0 saturated carbocycles. The molecule has 0 bridgehead atoms. The summed E-state index contributed by atoms with van der Waals surface area (Å²) in [5.41, 5.74) is 3.41. The van der Waals surface area contributed by atoms with Gasteiger partial charge in [-0.3, -0.25) is 14.2 Å². The maximum Gasteiger partial charge on any atom is 0.266 e. The predicted octanol–water partition coefficient (Wildman–Crippen LogP) is 4.42. The van der Waals surface area contributed by atoms with Gasteiger partial charge in [0.1, 0.15) is 5.76 Å². The lowest BCUT2D eigenvalue weighted by atomic mass is 10.1. The van der Waals surface area contributed by atoms with E-state index < -0.39 is 0 Å². The third-order valence-electron chi connectivity index (χ3n) is 4.67. The van der Waals surface area contributed by atoms with Crippen molar-refractivity contribution in [3.8, 4) is 5.69 Å². The largest absolute Gasteiger partial charge is 0.360 e. The number of benzene rings is 2. The molecule has 0 aliphatic carbocycles.